The summed E-state index contributed by atoms with van der Waals surface area (Å²) in [4.78, 5) is 30.6. The molecular formula is C24H28ClFN8O4S. The maximum absolute atomic E-state index is 13.5. The summed E-state index contributed by atoms with van der Waals surface area (Å²) in [5.74, 6) is -0.0805. The van der Waals surface area contributed by atoms with Crippen molar-refractivity contribution in [3.8, 4) is 0 Å². The average Bonchev–Trinajstić information content (AvgIpc) is 2.91. The van der Waals surface area contributed by atoms with Gasteiger partial charge < -0.3 is 15.4 Å². The van der Waals surface area contributed by atoms with E-state index < -0.39 is 15.8 Å². The van der Waals surface area contributed by atoms with Crippen LogP contribution in [0.1, 0.15) is 25.7 Å². The summed E-state index contributed by atoms with van der Waals surface area (Å²) in [7, 11) is -3.47. The van der Waals surface area contributed by atoms with Gasteiger partial charge in [0.05, 0.1) is 23.5 Å². The Bertz CT molecular complexity index is 1460. The van der Waals surface area contributed by atoms with Crippen LogP contribution < -0.4 is 15.4 Å². The molecule has 0 radical (unpaired) electrons. The molecule has 0 unspecified atom stereocenters. The molecular weight excluding hydrogens is 551 g/mol. The van der Waals surface area contributed by atoms with Gasteiger partial charge in [-0.2, -0.15) is 0 Å². The number of esters is 1. The zero-order valence-electron chi connectivity index (χ0n) is 20.9. The lowest BCUT2D eigenvalue weighted by Gasteiger charge is -2.30. The van der Waals surface area contributed by atoms with Crippen LogP contribution in [0.25, 0.3) is 11.0 Å². The molecule has 5 rings (SSSR count). The van der Waals surface area contributed by atoms with Crippen LogP contribution in [0.3, 0.4) is 0 Å². The molecule has 2 aliphatic rings. The second-order valence-electron chi connectivity index (χ2n) is 9.53. The van der Waals surface area contributed by atoms with Gasteiger partial charge in [-0.3, -0.25) is 9.69 Å². The van der Waals surface area contributed by atoms with E-state index in [1.807, 2.05) is 0 Å². The number of morpholine rings is 1. The van der Waals surface area contributed by atoms with Crippen LogP contribution in [0, 0.1) is 5.82 Å². The molecule has 208 valence electrons. The van der Waals surface area contributed by atoms with E-state index in [1.165, 1.54) is 18.5 Å². The second-order valence-corrected chi connectivity index (χ2v) is 11.8. The van der Waals surface area contributed by atoms with Crippen molar-refractivity contribution < 1.29 is 22.3 Å². The number of hydrogen-bond acceptors (Lipinski definition) is 11. The quantitative estimate of drug-likeness (QED) is 0.321. The van der Waals surface area contributed by atoms with Gasteiger partial charge in [0, 0.05) is 30.9 Å². The predicted octanol–water partition coefficient (Wildman–Crippen LogP) is 2.46. The van der Waals surface area contributed by atoms with Gasteiger partial charge in [0.15, 0.2) is 5.82 Å². The van der Waals surface area contributed by atoms with Crippen molar-refractivity contribution in [2.45, 2.75) is 37.8 Å². The van der Waals surface area contributed by atoms with E-state index in [0.717, 1.165) is 12.8 Å². The summed E-state index contributed by atoms with van der Waals surface area (Å²) in [6.45, 7) is 1.24. The number of hydrogen-bond donors (Lipinski definition) is 3. The normalized spacial score (nSPS) is 20.5. The van der Waals surface area contributed by atoms with Crippen molar-refractivity contribution in [2.24, 2.45) is 0 Å². The Morgan fingerprint density at radius 1 is 1.13 bits per heavy atom. The van der Waals surface area contributed by atoms with Crippen LogP contribution in [0.4, 0.5) is 21.8 Å². The number of anilines is 3. The molecule has 1 aromatic carbocycles. The molecule has 1 aliphatic carbocycles. The van der Waals surface area contributed by atoms with E-state index in [4.69, 9.17) is 16.3 Å². The number of carbonyl (C=O) groups excluding carboxylic acids is 1. The minimum Gasteiger partial charge on any atom is -0.463 e. The molecule has 1 aliphatic heterocycles. The first kappa shape index (κ1) is 27.4. The predicted molar refractivity (Wildman–Crippen MR) is 144 cm³/mol. The number of aromatic nitrogens is 4. The molecule has 3 heterocycles. The van der Waals surface area contributed by atoms with E-state index in [0.29, 0.717) is 47.9 Å². The molecule has 0 bridgehead atoms. The Morgan fingerprint density at radius 3 is 2.69 bits per heavy atom. The molecule has 1 saturated carbocycles. The third-order valence-corrected chi connectivity index (χ3v) is 8.37. The van der Waals surface area contributed by atoms with Crippen LogP contribution >= 0.6 is 11.6 Å². The van der Waals surface area contributed by atoms with Crippen LogP contribution in [-0.2, 0) is 19.6 Å². The highest BCUT2D eigenvalue weighted by Gasteiger charge is 2.26. The molecule has 2 aromatic heterocycles. The summed E-state index contributed by atoms with van der Waals surface area (Å²) in [5.41, 5.74) is 1.57. The molecule has 1 saturated heterocycles. The number of nitrogens with one attached hydrogen (secondary N) is 3. The van der Waals surface area contributed by atoms with Gasteiger partial charge in [-0.25, -0.2) is 37.5 Å². The van der Waals surface area contributed by atoms with Crippen molar-refractivity contribution in [3.63, 3.8) is 0 Å². The first-order chi connectivity index (χ1) is 18.7. The molecule has 2 fully saturated rings. The van der Waals surface area contributed by atoms with Crippen LogP contribution in [0.5, 0.6) is 0 Å². The summed E-state index contributed by atoms with van der Waals surface area (Å²) in [6, 6.07) is 4.19. The Balaban J connectivity index is 1.15. The highest BCUT2D eigenvalue weighted by molar-refractivity contribution is 7.89. The van der Waals surface area contributed by atoms with E-state index >= 15 is 0 Å². The molecule has 0 spiro atoms. The van der Waals surface area contributed by atoms with Crippen molar-refractivity contribution >= 4 is 56.1 Å². The maximum Gasteiger partial charge on any atom is 0.320 e. The molecule has 15 heteroatoms. The minimum absolute atomic E-state index is 0.0122. The molecule has 3 N–H and O–H groups in total. The number of rotatable bonds is 9. The van der Waals surface area contributed by atoms with E-state index in [-0.39, 0.29) is 48.5 Å². The van der Waals surface area contributed by atoms with Gasteiger partial charge in [-0.1, -0.05) is 11.6 Å². The smallest absolute Gasteiger partial charge is 0.320 e. The van der Waals surface area contributed by atoms with Gasteiger partial charge in [-0.15, -0.1) is 0 Å². The monoisotopic (exact) mass is 578 g/mol. The molecule has 0 amide bonds. The van der Waals surface area contributed by atoms with Crippen molar-refractivity contribution in [1.82, 2.24) is 29.6 Å². The molecule has 39 heavy (non-hydrogen) atoms. The molecule has 3 aromatic rings. The molecule has 12 nitrogen and oxygen atoms in total. The number of fused-ring (bicyclic) bond motifs is 1. The third kappa shape index (κ3) is 7.26. The maximum atomic E-state index is 13.5. The highest BCUT2D eigenvalue weighted by Crippen LogP contribution is 2.26. The van der Waals surface area contributed by atoms with Gasteiger partial charge in [0.1, 0.15) is 29.8 Å². The van der Waals surface area contributed by atoms with Crippen molar-refractivity contribution in [3.05, 3.63) is 41.6 Å². The number of carbonyl (C=O) groups is 1. The number of sulfonamides is 1. The van der Waals surface area contributed by atoms with Crippen molar-refractivity contribution in [2.75, 3.05) is 42.6 Å². The number of halogens is 2. The first-order valence-electron chi connectivity index (χ1n) is 12.6. The summed E-state index contributed by atoms with van der Waals surface area (Å²) < 4.78 is 46.4. The van der Waals surface area contributed by atoms with Gasteiger partial charge in [-0.05, 0) is 43.9 Å². The van der Waals surface area contributed by atoms with E-state index in [2.05, 4.69) is 35.3 Å². The second kappa shape index (κ2) is 11.9. The standard InChI is InChI=1S/C24H28ClFN8O4S/c25-18-11-17(5-6-19(18)26)30-23-22-20(28-14-29-23)12-27-24(32-22)31-15-1-3-16(4-2-15)33-39(36,37)10-8-34-7-9-38-21(35)13-34/h5-6,11-12,14-16,33H,1-4,7-10,13H2,(H,27,31,32)(H,28,29,30)/t15-,16-. The zero-order valence-corrected chi connectivity index (χ0v) is 22.5. The van der Waals surface area contributed by atoms with Crippen LogP contribution in [0.2, 0.25) is 5.02 Å². The molecule has 0 atom stereocenters. The highest BCUT2D eigenvalue weighted by atomic mass is 35.5. The summed E-state index contributed by atoms with van der Waals surface area (Å²) >= 11 is 5.89. The van der Waals surface area contributed by atoms with Gasteiger partial charge in [0.25, 0.3) is 0 Å². The fourth-order valence-electron chi connectivity index (χ4n) is 4.61. The van der Waals surface area contributed by atoms with Crippen molar-refractivity contribution in [1.29, 1.82) is 0 Å². The van der Waals surface area contributed by atoms with E-state index in [1.54, 1.807) is 17.2 Å². The lowest BCUT2D eigenvalue weighted by molar-refractivity contribution is -0.150. The number of cyclic esters (lactones) is 1. The number of benzene rings is 1. The minimum atomic E-state index is -3.47. The SMILES string of the molecule is O=C1CN(CCS(=O)(=O)N[C@H]2CC[C@H](Nc3ncc4ncnc(Nc5ccc(F)c(Cl)c5)c4n3)CC2)CCO1. The lowest BCUT2D eigenvalue weighted by atomic mass is 9.92. The van der Waals surface area contributed by atoms with Crippen LogP contribution in [-0.4, -0.2) is 83.3 Å². The largest absolute Gasteiger partial charge is 0.463 e. The Morgan fingerprint density at radius 2 is 1.92 bits per heavy atom. The third-order valence-electron chi connectivity index (χ3n) is 6.67. The Labute approximate surface area is 229 Å². The van der Waals surface area contributed by atoms with Gasteiger partial charge >= 0.3 is 5.97 Å². The summed E-state index contributed by atoms with van der Waals surface area (Å²) in [6.07, 6.45) is 5.78. The van der Waals surface area contributed by atoms with Crippen LogP contribution in [0.15, 0.2) is 30.7 Å². The van der Waals surface area contributed by atoms with Gasteiger partial charge in [0.2, 0.25) is 16.0 Å². The number of nitrogens with zero attached hydrogens (tertiary/aromatic N) is 5. The fourth-order valence-corrected chi connectivity index (χ4v) is 6.15. The lowest BCUT2D eigenvalue weighted by Crippen LogP contribution is -2.45. The first-order valence-corrected chi connectivity index (χ1v) is 14.6. The zero-order chi connectivity index (χ0) is 27.4. The Kier molecular flexibility index (Phi) is 8.35. The summed E-state index contributed by atoms with van der Waals surface area (Å²) in [5, 5.41) is 6.42. The average molecular weight is 579 g/mol. The Hall–Kier alpha value is -3.20. The number of ether oxygens (including phenoxy) is 1. The topological polar surface area (TPSA) is 151 Å². The van der Waals surface area contributed by atoms with E-state index in [9.17, 15) is 17.6 Å². The fraction of sp³-hybridized carbons (Fsp3) is 0.458.